The van der Waals surface area contributed by atoms with Crippen LogP contribution in [0.15, 0.2) is 24.4 Å². The molecule has 0 radical (unpaired) electrons. The van der Waals surface area contributed by atoms with Crippen molar-refractivity contribution >= 4 is 23.5 Å². The third-order valence-corrected chi connectivity index (χ3v) is 4.17. The van der Waals surface area contributed by atoms with E-state index in [2.05, 4.69) is 15.3 Å². The van der Waals surface area contributed by atoms with E-state index in [4.69, 9.17) is 0 Å². The topological polar surface area (TPSA) is 78.4 Å². The number of benzene rings is 1. The third-order valence-electron chi connectivity index (χ3n) is 4.17. The fourth-order valence-corrected chi connectivity index (χ4v) is 2.66. The van der Waals surface area contributed by atoms with Gasteiger partial charge in [0.2, 0.25) is 11.9 Å². The zero-order valence-corrected chi connectivity index (χ0v) is 14.4. The van der Waals surface area contributed by atoms with Crippen molar-refractivity contribution in [2.24, 2.45) is 0 Å². The molecule has 7 nitrogen and oxygen atoms in total. The van der Waals surface area contributed by atoms with Gasteiger partial charge in [-0.2, -0.15) is 0 Å². The highest BCUT2D eigenvalue weighted by molar-refractivity contribution is 6.03. The second kappa shape index (κ2) is 7.60. The monoisotopic (exact) mass is 379 g/mol. The lowest BCUT2D eigenvalue weighted by molar-refractivity contribution is -0.129. The number of hydrogen-bond acceptors (Lipinski definition) is 5. The second-order valence-corrected chi connectivity index (χ2v) is 5.91. The quantitative estimate of drug-likeness (QED) is 0.823. The number of rotatable bonds is 3. The summed E-state index contributed by atoms with van der Waals surface area (Å²) in [5.74, 6) is -5.02. The average Bonchev–Trinajstić information content (AvgIpc) is 2.68. The summed E-state index contributed by atoms with van der Waals surface area (Å²) < 4.78 is 40.0. The molecule has 0 unspecified atom stereocenters. The Morgan fingerprint density at radius 2 is 1.74 bits per heavy atom. The van der Waals surface area contributed by atoms with Gasteiger partial charge >= 0.3 is 0 Å². The molecule has 0 bridgehead atoms. The summed E-state index contributed by atoms with van der Waals surface area (Å²) >= 11 is 0. The number of nitrogens with one attached hydrogen (secondary N) is 1. The Morgan fingerprint density at radius 1 is 1.04 bits per heavy atom. The van der Waals surface area contributed by atoms with Crippen LogP contribution in [0.1, 0.15) is 17.4 Å². The molecular formula is C17H16F3N5O2. The summed E-state index contributed by atoms with van der Waals surface area (Å²) in [6.45, 7) is 3.52. The van der Waals surface area contributed by atoms with Gasteiger partial charge in [0.15, 0.2) is 17.5 Å². The van der Waals surface area contributed by atoms with Crippen molar-refractivity contribution in [1.82, 2.24) is 14.9 Å². The summed E-state index contributed by atoms with van der Waals surface area (Å²) in [7, 11) is 0. The molecule has 3 rings (SSSR count). The SMILES string of the molecule is CC(=O)N1CCN(c2nccc(C(=O)Nc3ccc(F)c(F)c3F)n2)CC1. The Hall–Kier alpha value is -3.17. The predicted molar refractivity (Wildman–Crippen MR) is 90.8 cm³/mol. The van der Waals surface area contributed by atoms with Crippen LogP contribution in [0.25, 0.3) is 0 Å². The molecule has 0 aliphatic carbocycles. The first-order valence-electron chi connectivity index (χ1n) is 8.15. The van der Waals surface area contributed by atoms with E-state index in [1.165, 1.54) is 19.2 Å². The molecule has 0 atom stereocenters. The molecule has 1 N–H and O–H groups in total. The maximum Gasteiger partial charge on any atom is 0.274 e. The van der Waals surface area contributed by atoms with E-state index < -0.39 is 29.0 Å². The predicted octanol–water partition coefficient (Wildman–Crippen LogP) is 1.81. The fraction of sp³-hybridized carbons (Fsp3) is 0.294. The maximum atomic E-state index is 13.7. The molecule has 27 heavy (non-hydrogen) atoms. The first-order valence-corrected chi connectivity index (χ1v) is 8.15. The van der Waals surface area contributed by atoms with Gasteiger partial charge in [-0.05, 0) is 18.2 Å². The number of amides is 2. The van der Waals surface area contributed by atoms with E-state index in [1.807, 2.05) is 4.90 Å². The van der Waals surface area contributed by atoms with Gasteiger partial charge in [0, 0.05) is 39.3 Å². The zero-order valence-electron chi connectivity index (χ0n) is 14.4. The highest BCUT2D eigenvalue weighted by Crippen LogP contribution is 2.20. The van der Waals surface area contributed by atoms with Gasteiger partial charge in [-0.1, -0.05) is 0 Å². The molecule has 2 heterocycles. The van der Waals surface area contributed by atoms with E-state index >= 15 is 0 Å². The Balaban J connectivity index is 1.73. The fourth-order valence-electron chi connectivity index (χ4n) is 2.66. The molecule has 1 saturated heterocycles. The molecule has 10 heteroatoms. The lowest BCUT2D eigenvalue weighted by Crippen LogP contribution is -2.48. The first-order chi connectivity index (χ1) is 12.9. The highest BCUT2D eigenvalue weighted by Gasteiger charge is 2.22. The van der Waals surface area contributed by atoms with Crippen molar-refractivity contribution in [3.8, 4) is 0 Å². The van der Waals surface area contributed by atoms with Crippen LogP contribution in [0.4, 0.5) is 24.8 Å². The summed E-state index contributed by atoms with van der Waals surface area (Å²) in [6.07, 6.45) is 1.37. The van der Waals surface area contributed by atoms with E-state index in [0.717, 1.165) is 6.07 Å². The zero-order chi connectivity index (χ0) is 19.6. The summed E-state index contributed by atoms with van der Waals surface area (Å²) in [4.78, 5) is 35.4. The Labute approximate surface area is 152 Å². The highest BCUT2D eigenvalue weighted by atomic mass is 19.2. The van der Waals surface area contributed by atoms with E-state index in [1.54, 1.807) is 4.90 Å². The second-order valence-electron chi connectivity index (χ2n) is 5.91. The van der Waals surface area contributed by atoms with Gasteiger partial charge in [-0.15, -0.1) is 0 Å². The van der Waals surface area contributed by atoms with Crippen molar-refractivity contribution in [2.75, 3.05) is 36.4 Å². The molecule has 1 aromatic carbocycles. The molecule has 2 amide bonds. The average molecular weight is 379 g/mol. The number of piperazine rings is 1. The van der Waals surface area contributed by atoms with E-state index in [-0.39, 0.29) is 17.5 Å². The smallest absolute Gasteiger partial charge is 0.274 e. The number of anilines is 2. The summed E-state index contributed by atoms with van der Waals surface area (Å²) in [6, 6.07) is 2.96. The lowest BCUT2D eigenvalue weighted by atomic mass is 10.2. The largest absolute Gasteiger partial charge is 0.339 e. The van der Waals surface area contributed by atoms with Gasteiger partial charge < -0.3 is 15.1 Å². The number of nitrogens with zero attached hydrogens (tertiary/aromatic N) is 4. The molecule has 1 aliphatic rings. The molecule has 1 fully saturated rings. The molecule has 0 spiro atoms. The van der Waals surface area contributed by atoms with Crippen molar-refractivity contribution in [3.05, 3.63) is 47.5 Å². The van der Waals surface area contributed by atoms with Crippen LogP contribution in [-0.4, -0.2) is 52.9 Å². The van der Waals surface area contributed by atoms with E-state index in [0.29, 0.717) is 32.2 Å². The van der Waals surface area contributed by atoms with Crippen LogP contribution in [-0.2, 0) is 4.79 Å². The van der Waals surface area contributed by atoms with Crippen LogP contribution in [0.2, 0.25) is 0 Å². The van der Waals surface area contributed by atoms with Gasteiger partial charge in [0.1, 0.15) is 5.69 Å². The molecule has 142 valence electrons. The van der Waals surface area contributed by atoms with Crippen LogP contribution < -0.4 is 10.2 Å². The number of carbonyl (C=O) groups excluding carboxylic acids is 2. The molecular weight excluding hydrogens is 363 g/mol. The van der Waals surface area contributed by atoms with Crippen molar-refractivity contribution < 1.29 is 22.8 Å². The minimum Gasteiger partial charge on any atom is -0.339 e. The van der Waals surface area contributed by atoms with Crippen molar-refractivity contribution in [3.63, 3.8) is 0 Å². The summed E-state index contributed by atoms with van der Waals surface area (Å²) in [5.41, 5.74) is -0.549. The van der Waals surface area contributed by atoms with Crippen LogP contribution in [0, 0.1) is 17.5 Å². The third kappa shape index (κ3) is 3.99. The summed E-state index contributed by atoms with van der Waals surface area (Å²) in [5, 5.41) is 2.16. The van der Waals surface area contributed by atoms with Crippen molar-refractivity contribution in [2.45, 2.75) is 6.92 Å². The Morgan fingerprint density at radius 3 is 2.41 bits per heavy atom. The molecule has 2 aromatic rings. The number of hydrogen-bond donors (Lipinski definition) is 1. The minimum atomic E-state index is -1.67. The standard InChI is InChI=1S/C17H16F3N5O2/c1-10(26)24-6-8-25(9-7-24)17-21-5-4-13(23-17)16(27)22-12-3-2-11(18)14(19)15(12)20/h2-5H,6-9H2,1H3,(H,22,27). The number of carbonyl (C=O) groups is 2. The van der Waals surface area contributed by atoms with Gasteiger partial charge in [0.25, 0.3) is 5.91 Å². The molecule has 1 aromatic heterocycles. The maximum absolute atomic E-state index is 13.7. The normalized spacial score (nSPS) is 14.2. The van der Waals surface area contributed by atoms with Crippen LogP contribution >= 0.6 is 0 Å². The van der Waals surface area contributed by atoms with Gasteiger partial charge in [-0.3, -0.25) is 9.59 Å². The lowest BCUT2D eigenvalue weighted by Gasteiger charge is -2.34. The van der Waals surface area contributed by atoms with Crippen molar-refractivity contribution in [1.29, 1.82) is 0 Å². The number of halogens is 3. The number of aromatic nitrogens is 2. The Bertz CT molecular complexity index is 885. The van der Waals surface area contributed by atoms with Crippen LogP contribution in [0.5, 0.6) is 0 Å². The van der Waals surface area contributed by atoms with E-state index in [9.17, 15) is 22.8 Å². The van der Waals surface area contributed by atoms with Gasteiger partial charge in [0.05, 0.1) is 5.69 Å². The molecule has 1 aliphatic heterocycles. The minimum absolute atomic E-state index is 0.0164. The van der Waals surface area contributed by atoms with Gasteiger partial charge in [-0.25, -0.2) is 23.1 Å². The van der Waals surface area contributed by atoms with Crippen LogP contribution in [0.3, 0.4) is 0 Å². The first kappa shape index (κ1) is 18.6. The molecule has 0 saturated carbocycles. The Kier molecular flexibility index (Phi) is 5.24.